The summed E-state index contributed by atoms with van der Waals surface area (Å²) in [6.07, 6.45) is 9.27. The van der Waals surface area contributed by atoms with Gasteiger partial charge in [0.05, 0.1) is 18.8 Å². The van der Waals surface area contributed by atoms with Crippen LogP contribution < -0.4 is 10.6 Å². The summed E-state index contributed by atoms with van der Waals surface area (Å²) in [5.74, 6) is 1.47. The summed E-state index contributed by atoms with van der Waals surface area (Å²) in [7, 11) is 1.84. The number of hydrogen-bond acceptors (Lipinski definition) is 5. The average molecular weight is 527 g/mol. The summed E-state index contributed by atoms with van der Waals surface area (Å²) in [6.45, 7) is 8.26. The maximum atomic E-state index is 12.7. The molecular formula is C30H38N8O. The Labute approximate surface area is 230 Å². The molecule has 3 fully saturated rings. The first-order valence-electron chi connectivity index (χ1n) is 14.1. The normalized spacial score (nSPS) is 22.5. The number of anilines is 1. The molecule has 1 saturated heterocycles. The van der Waals surface area contributed by atoms with E-state index in [1.807, 2.05) is 54.5 Å². The molecule has 204 valence electrons. The summed E-state index contributed by atoms with van der Waals surface area (Å²) in [5, 5.41) is 26.0. The first-order chi connectivity index (χ1) is 18.7. The van der Waals surface area contributed by atoms with Crippen molar-refractivity contribution in [2.24, 2.45) is 5.41 Å². The number of rotatable bonds is 6. The van der Waals surface area contributed by atoms with Gasteiger partial charge in [-0.2, -0.15) is 15.5 Å². The second-order valence-electron chi connectivity index (χ2n) is 12.7. The van der Waals surface area contributed by atoms with Crippen molar-refractivity contribution in [2.45, 2.75) is 76.9 Å². The average Bonchev–Trinajstić information content (AvgIpc) is 3.29. The quantitative estimate of drug-likeness (QED) is 0.464. The Balaban J connectivity index is 1.17. The smallest absolute Gasteiger partial charge is 0.317 e. The Hall–Kier alpha value is -3.80. The Morgan fingerprint density at radius 1 is 1.26 bits per heavy atom. The topological polar surface area (TPSA) is 104 Å². The van der Waals surface area contributed by atoms with Crippen LogP contribution in [0.4, 0.5) is 10.6 Å². The molecule has 3 aliphatic rings. The highest BCUT2D eigenvalue weighted by molar-refractivity contribution is 5.75. The Kier molecular flexibility index (Phi) is 6.17. The van der Waals surface area contributed by atoms with Crippen molar-refractivity contribution in [3.05, 3.63) is 53.3 Å². The standard InChI is InChI=1S/C30H38N8O/c1-29(2,3)34-28(39)36-11-10-30(19-36)13-24(14-30)38-27(32-4)25(15-31)26(35-38)23-16-33-37(18-23)17-20-6-5-7-22(12-20)21-8-9-21/h5-7,12,16,18,21,24,32H,8-11,13-14,17,19H2,1-4H3,(H,34,39). The van der Waals surface area contributed by atoms with E-state index in [1.54, 1.807) is 0 Å². The third kappa shape index (κ3) is 5.00. The lowest BCUT2D eigenvalue weighted by Crippen LogP contribution is -2.49. The van der Waals surface area contributed by atoms with Crippen LogP contribution in [0, 0.1) is 16.7 Å². The van der Waals surface area contributed by atoms with Crippen LogP contribution in [-0.4, -0.2) is 56.2 Å². The Morgan fingerprint density at radius 3 is 2.74 bits per heavy atom. The minimum absolute atomic E-state index is 0.0168. The fraction of sp³-hybridized carbons (Fsp3) is 0.533. The van der Waals surface area contributed by atoms with Gasteiger partial charge in [0.25, 0.3) is 0 Å². The van der Waals surface area contributed by atoms with Gasteiger partial charge in [0, 0.05) is 37.4 Å². The van der Waals surface area contributed by atoms with Crippen molar-refractivity contribution in [3.8, 4) is 17.3 Å². The highest BCUT2D eigenvalue weighted by atomic mass is 16.2. The highest BCUT2D eigenvalue weighted by Gasteiger charge is 2.51. The van der Waals surface area contributed by atoms with Crippen LogP contribution in [0.25, 0.3) is 11.3 Å². The van der Waals surface area contributed by atoms with E-state index in [-0.39, 0.29) is 23.0 Å². The number of nitrogens with one attached hydrogen (secondary N) is 2. The van der Waals surface area contributed by atoms with E-state index in [9.17, 15) is 10.1 Å². The van der Waals surface area contributed by atoms with Gasteiger partial charge < -0.3 is 15.5 Å². The predicted molar refractivity (Wildman–Crippen MR) is 150 cm³/mol. The third-order valence-corrected chi connectivity index (χ3v) is 8.40. The number of nitriles is 1. The molecule has 9 nitrogen and oxygen atoms in total. The molecule has 0 unspecified atom stereocenters. The molecule has 2 aliphatic carbocycles. The summed E-state index contributed by atoms with van der Waals surface area (Å²) in [6, 6.07) is 11.4. The molecule has 2 N–H and O–H groups in total. The Bertz CT molecular complexity index is 1430. The molecule has 3 heterocycles. The van der Waals surface area contributed by atoms with Gasteiger partial charge in [-0.3, -0.25) is 4.68 Å². The number of benzene rings is 1. The molecule has 2 aromatic heterocycles. The molecule has 6 rings (SSSR count). The number of carbonyl (C=O) groups excluding carboxylic acids is 1. The van der Waals surface area contributed by atoms with Gasteiger partial charge in [-0.05, 0) is 75.3 Å². The maximum Gasteiger partial charge on any atom is 0.317 e. The summed E-state index contributed by atoms with van der Waals surface area (Å²) in [4.78, 5) is 14.6. The number of urea groups is 1. The fourth-order valence-corrected chi connectivity index (χ4v) is 6.32. The molecule has 1 aromatic carbocycles. The van der Waals surface area contributed by atoms with Crippen molar-refractivity contribution in [1.82, 2.24) is 29.8 Å². The molecule has 1 aliphatic heterocycles. The molecule has 3 aromatic rings. The van der Waals surface area contributed by atoms with E-state index < -0.39 is 0 Å². The van der Waals surface area contributed by atoms with Crippen LogP contribution in [-0.2, 0) is 6.54 Å². The highest BCUT2D eigenvalue weighted by Crippen LogP contribution is 2.55. The number of aromatic nitrogens is 4. The molecule has 2 amide bonds. The van der Waals surface area contributed by atoms with Gasteiger partial charge in [-0.1, -0.05) is 24.3 Å². The summed E-state index contributed by atoms with van der Waals surface area (Å²) < 4.78 is 3.92. The van der Waals surface area contributed by atoms with Crippen LogP contribution >= 0.6 is 0 Å². The summed E-state index contributed by atoms with van der Waals surface area (Å²) in [5.41, 5.74) is 4.60. The molecule has 0 bridgehead atoms. The summed E-state index contributed by atoms with van der Waals surface area (Å²) >= 11 is 0. The zero-order valence-electron chi connectivity index (χ0n) is 23.4. The largest absolute Gasteiger partial charge is 0.372 e. The van der Waals surface area contributed by atoms with E-state index in [2.05, 4.69) is 46.1 Å². The van der Waals surface area contributed by atoms with Crippen LogP contribution in [0.15, 0.2) is 36.7 Å². The second kappa shape index (κ2) is 9.44. The van der Waals surface area contributed by atoms with Crippen molar-refractivity contribution < 1.29 is 4.79 Å². The first-order valence-corrected chi connectivity index (χ1v) is 14.1. The maximum absolute atomic E-state index is 12.7. The van der Waals surface area contributed by atoms with E-state index in [4.69, 9.17) is 5.10 Å². The van der Waals surface area contributed by atoms with Gasteiger partial charge in [0.15, 0.2) is 0 Å². The SMILES string of the molecule is CNc1c(C#N)c(-c2cnn(Cc3cccc(C4CC4)c3)c2)nn1C1CC2(CCN(C(=O)NC(C)(C)C)C2)C1. The predicted octanol–water partition coefficient (Wildman–Crippen LogP) is 5.12. The fourth-order valence-electron chi connectivity index (χ4n) is 6.32. The lowest BCUT2D eigenvalue weighted by molar-refractivity contribution is 0.0672. The van der Waals surface area contributed by atoms with E-state index in [0.29, 0.717) is 17.8 Å². The molecule has 0 radical (unpaired) electrons. The van der Waals surface area contributed by atoms with Crippen LogP contribution in [0.2, 0.25) is 0 Å². The molecular weight excluding hydrogens is 488 g/mol. The molecule has 9 heteroatoms. The van der Waals surface area contributed by atoms with Gasteiger partial charge in [0.2, 0.25) is 0 Å². The van der Waals surface area contributed by atoms with Crippen molar-refractivity contribution in [2.75, 3.05) is 25.5 Å². The monoisotopic (exact) mass is 526 g/mol. The molecule has 39 heavy (non-hydrogen) atoms. The number of hydrogen-bond donors (Lipinski definition) is 2. The molecule has 1 spiro atoms. The van der Waals surface area contributed by atoms with Crippen molar-refractivity contribution >= 4 is 11.8 Å². The minimum atomic E-state index is -0.246. The molecule has 2 saturated carbocycles. The Morgan fingerprint density at radius 2 is 2.05 bits per heavy atom. The van der Waals surface area contributed by atoms with Crippen LogP contribution in [0.1, 0.15) is 81.5 Å². The lowest BCUT2D eigenvalue weighted by Gasteiger charge is -2.45. The van der Waals surface area contributed by atoms with Crippen LogP contribution in [0.5, 0.6) is 0 Å². The van der Waals surface area contributed by atoms with Gasteiger partial charge >= 0.3 is 6.03 Å². The van der Waals surface area contributed by atoms with Gasteiger partial charge in [-0.25, -0.2) is 9.48 Å². The zero-order chi connectivity index (χ0) is 27.4. The minimum Gasteiger partial charge on any atom is -0.372 e. The number of amides is 2. The third-order valence-electron chi connectivity index (χ3n) is 8.40. The first kappa shape index (κ1) is 25.5. The van der Waals surface area contributed by atoms with Gasteiger partial charge in [-0.15, -0.1) is 0 Å². The van der Waals surface area contributed by atoms with E-state index in [1.165, 1.54) is 24.0 Å². The van der Waals surface area contributed by atoms with E-state index in [0.717, 1.165) is 49.7 Å². The van der Waals surface area contributed by atoms with Crippen molar-refractivity contribution in [1.29, 1.82) is 5.26 Å². The number of nitrogens with zero attached hydrogens (tertiary/aromatic N) is 6. The second-order valence-corrected chi connectivity index (χ2v) is 12.7. The number of likely N-dealkylation sites (tertiary alicyclic amines) is 1. The number of carbonyl (C=O) groups is 1. The lowest BCUT2D eigenvalue weighted by atomic mass is 9.65. The van der Waals surface area contributed by atoms with Crippen LogP contribution in [0.3, 0.4) is 0 Å². The molecule has 0 atom stereocenters. The zero-order valence-corrected chi connectivity index (χ0v) is 23.4. The van der Waals surface area contributed by atoms with Crippen molar-refractivity contribution in [3.63, 3.8) is 0 Å². The van der Waals surface area contributed by atoms with Gasteiger partial charge in [0.1, 0.15) is 23.1 Å². The van der Waals surface area contributed by atoms with E-state index >= 15 is 0 Å².